The number of nitrogens with one attached hydrogen (secondary N) is 2. The van der Waals surface area contributed by atoms with Crippen molar-refractivity contribution in [2.75, 3.05) is 0 Å². The molecule has 5 heteroatoms. The number of aryl methyl sites for hydroxylation is 1. The molecule has 2 heterocycles. The summed E-state index contributed by atoms with van der Waals surface area (Å²) in [5, 5.41) is 4.94. The van der Waals surface area contributed by atoms with Crippen molar-refractivity contribution in [1.82, 2.24) is 10.4 Å². The van der Waals surface area contributed by atoms with Crippen LogP contribution in [0.15, 0.2) is 52.1 Å². The van der Waals surface area contributed by atoms with Crippen LogP contribution in [0, 0.1) is 6.92 Å². The van der Waals surface area contributed by atoms with Crippen molar-refractivity contribution in [2.24, 2.45) is 5.10 Å². The van der Waals surface area contributed by atoms with Crippen molar-refractivity contribution in [3.8, 4) is 0 Å². The van der Waals surface area contributed by atoms with Crippen LogP contribution in [-0.2, 0) is 11.2 Å². The van der Waals surface area contributed by atoms with Gasteiger partial charge in [-0.15, -0.1) is 0 Å². The molecule has 106 valence electrons. The molecule has 0 aliphatic heterocycles. The molecule has 0 fully saturated rings. The third-order valence-electron chi connectivity index (χ3n) is 3.17. The molecule has 1 aromatic carbocycles. The van der Waals surface area contributed by atoms with Crippen LogP contribution in [0.25, 0.3) is 10.9 Å². The molecule has 0 radical (unpaired) electrons. The van der Waals surface area contributed by atoms with Gasteiger partial charge in [0.25, 0.3) is 0 Å². The minimum absolute atomic E-state index is 0.167. The first kappa shape index (κ1) is 13.2. The number of hydrogen-bond acceptors (Lipinski definition) is 3. The lowest BCUT2D eigenvalue weighted by molar-refractivity contribution is -0.120. The summed E-state index contributed by atoms with van der Waals surface area (Å²) in [7, 11) is 0. The summed E-state index contributed by atoms with van der Waals surface area (Å²) in [6.45, 7) is 1.85. The van der Waals surface area contributed by atoms with Gasteiger partial charge in [-0.3, -0.25) is 4.79 Å². The minimum atomic E-state index is -0.167. The van der Waals surface area contributed by atoms with Gasteiger partial charge in [-0.2, -0.15) is 5.10 Å². The predicted molar refractivity (Wildman–Crippen MR) is 81.2 cm³/mol. The highest BCUT2D eigenvalue weighted by atomic mass is 16.3. The van der Waals surface area contributed by atoms with E-state index in [1.165, 1.54) is 6.21 Å². The van der Waals surface area contributed by atoms with Crippen LogP contribution in [0.5, 0.6) is 0 Å². The predicted octanol–water partition coefficient (Wildman–Crippen LogP) is 2.76. The van der Waals surface area contributed by atoms with E-state index >= 15 is 0 Å². The average Bonchev–Trinajstić information content (AvgIpc) is 3.06. The fourth-order valence-electron chi connectivity index (χ4n) is 2.18. The molecule has 3 aromatic rings. The second kappa shape index (κ2) is 5.66. The summed E-state index contributed by atoms with van der Waals surface area (Å²) >= 11 is 0. The summed E-state index contributed by atoms with van der Waals surface area (Å²) in [6.07, 6.45) is 3.61. The number of hydrogen-bond donors (Lipinski definition) is 2. The molecule has 3 rings (SSSR count). The number of carbonyl (C=O) groups excluding carboxylic acids is 1. The Kier molecular flexibility index (Phi) is 3.55. The molecule has 0 atom stereocenters. The summed E-state index contributed by atoms with van der Waals surface area (Å²) in [6, 6.07) is 11.5. The van der Waals surface area contributed by atoms with Crippen LogP contribution in [0.4, 0.5) is 0 Å². The fraction of sp³-hybridized carbons (Fsp3) is 0.125. The first-order chi connectivity index (χ1) is 10.2. The van der Waals surface area contributed by atoms with Gasteiger partial charge in [0.2, 0.25) is 5.91 Å². The molecule has 2 N–H and O–H groups in total. The van der Waals surface area contributed by atoms with Crippen molar-refractivity contribution < 1.29 is 9.21 Å². The number of furan rings is 1. The number of aromatic nitrogens is 1. The summed E-state index contributed by atoms with van der Waals surface area (Å²) in [5.74, 6) is 1.25. The fourth-order valence-corrected chi connectivity index (χ4v) is 2.18. The van der Waals surface area contributed by atoms with E-state index in [9.17, 15) is 4.79 Å². The normalized spacial score (nSPS) is 11.3. The number of carbonyl (C=O) groups is 1. The van der Waals surface area contributed by atoms with E-state index in [4.69, 9.17) is 4.42 Å². The van der Waals surface area contributed by atoms with E-state index < -0.39 is 0 Å². The van der Waals surface area contributed by atoms with Crippen LogP contribution in [0.3, 0.4) is 0 Å². The molecule has 0 unspecified atom stereocenters. The molecule has 0 saturated carbocycles. The van der Waals surface area contributed by atoms with Gasteiger partial charge in [-0.05, 0) is 30.7 Å². The Morgan fingerprint density at radius 3 is 3.00 bits per heavy atom. The first-order valence-electron chi connectivity index (χ1n) is 6.66. The second-order valence-electron chi connectivity index (χ2n) is 4.78. The van der Waals surface area contributed by atoms with Gasteiger partial charge in [0, 0.05) is 17.1 Å². The van der Waals surface area contributed by atoms with Crippen LogP contribution < -0.4 is 5.43 Å². The van der Waals surface area contributed by atoms with Gasteiger partial charge < -0.3 is 9.40 Å². The zero-order valence-corrected chi connectivity index (χ0v) is 11.6. The van der Waals surface area contributed by atoms with Crippen molar-refractivity contribution in [3.05, 3.63) is 59.7 Å². The molecule has 2 aromatic heterocycles. The number of H-pyrrole nitrogens is 1. The molecular weight excluding hydrogens is 266 g/mol. The highest BCUT2D eigenvalue weighted by Crippen LogP contribution is 2.17. The van der Waals surface area contributed by atoms with Crippen molar-refractivity contribution in [1.29, 1.82) is 0 Å². The van der Waals surface area contributed by atoms with Gasteiger partial charge >= 0.3 is 0 Å². The van der Waals surface area contributed by atoms with E-state index in [0.717, 1.165) is 22.2 Å². The quantitative estimate of drug-likeness (QED) is 0.570. The Morgan fingerprint density at radius 2 is 2.19 bits per heavy atom. The van der Waals surface area contributed by atoms with Crippen molar-refractivity contribution >= 4 is 23.0 Å². The lowest BCUT2D eigenvalue weighted by atomic mass is 10.1. The maximum Gasteiger partial charge on any atom is 0.244 e. The second-order valence-corrected chi connectivity index (χ2v) is 4.78. The molecule has 5 nitrogen and oxygen atoms in total. The molecule has 1 amide bonds. The number of para-hydroxylation sites is 1. The van der Waals surface area contributed by atoms with Crippen molar-refractivity contribution in [3.63, 3.8) is 0 Å². The topological polar surface area (TPSA) is 70.4 Å². The van der Waals surface area contributed by atoms with Gasteiger partial charge in [-0.1, -0.05) is 18.2 Å². The monoisotopic (exact) mass is 281 g/mol. The smallest absolute Gasteiger partial charge is 0.244 e. The van der Waals surface area contributed by atoms with Gasteiger partial charge in [0.05, 0.1) is 12.6 Å². The maximum absolute atomic E-state index is 11.9. The number of aromatic amines is 1. The van der Waals surface area contributed by atoms with E-state index in [-0.39, 0.29) is 12.3 Å². The number of rotatable bonds is 4. The van der Waals surface area contributed by atoms with Crippen LogP contribution in [0.2, 0.25) is 0 Å². The lowest BCUT2D eigenvalue weighted by Crippen LogP contribution is -2.19. The standard InChI is InChI=1S/C16H15N3O2/c1-11-6-7-13(21-11)10-18-19-16(20)8-12-9-17-15-5-3-2-4-14(12)15/h2-7,9-10,17H,8H2,1H3,(H,19,20)/b18-10+. The Morgan fingerprint density at radius 1 is 1.33 bits per heavy atom. The Hall–Kier alpha value is -2.82. The molecular formula is C16H15N3O2. The number of amides is 1. The summed E-state index contributed by atoms with van der Waals surface area (Å²) in [4.78, 5) is 15.0. The first-order valence-corrected chi connectivity index (χ1v) is 6.66. The van der Waals surface area contributed by atoms with Gasteiger partial charge in [0.1, 0.15) is 11.5 Å². The molecule has 0 aliphatic carbocycles. The third kappa shape index (κ3) is 3.02. The number of fused-ring (bicyclic) bond motifs is 1. The van der Waals surface area contributed by atoms with Crippen LogP contribution in [0.1, 0.15) is 17.1 Å². The van der Waals surface area contributed by atoms with Gasteiger partial charge in [0.15, 0.2) is 0 Å². The van der Waals surface area contributed by atoms with Crippen molar-refractivity contribution in [2.45, 2.75) is 13.3 Å². The number of benzene rings is 1. The van der Waals surface area contributed by atoms with E-state index in [0.29, 0.717) is 5.76 Å². The highest BCUT2D eigenvalue weighted by Gasteiger charge is 2.07. The Balaban J connectivity index is 1.63. The number of nitrogens with zero attached hydrogens (tertiary/aromatic N) is 1. The zero-order chi connectivity index (χ0) is 14.7. The number of hydrazone groups is 1. The largest absolute Gasteiger partial charge is 0.460 e. The molecule has 0 aliphatic rings. The Bertz CT molecular complexity index is 799. The summed E-state index contributed by atoms with van der Waals surface area (Å²) < 4.78 is 5.32. The molecule has 0 spiro atoms. The lowest BCUT2D eigenvalue weighted by Gasteiger charge is -1.98. The van der Waals surface area contributed by atoms with Crippen LogP contribution >= 0.6 is 0 Å². The molecule has 0 bridgehead atoms. The SMILES string of the molecule is Cc1ccc(/C=N/NC(=O)Cc2c[nH]c3ccccc23)o1. The highest BCUT2D eigenvalue weighted by molar-refractivity contribution is 5.89. The van der Waals surface area contributed by atoms with Crippen LogP contribution in [-0.4, -0.2) is 17.1 Å². The summed E-state index contributed by atoms with van der Waals surface area (Å²) in [5.41, 5.74) is 4.47. The molecule has 21 heavy (non-hydrogen) atoms. The zero-order valence-electron chi connectivity index (χ0n) is 11.6. The Labute approximate surface area is 121 Å². The maximum atomic E-state index is 11.9. The minimum Gasteiger partial charge on any atom is -0.460 e. The van der Waals surface area contributed by atoms with E-state index in [1.807, 2.05) is 43.5 Å². The average molecular weight is 281 g/mol. The van der Waals surface area contributed by atoms with Gasteiger partial charge in [-0.25, -0.2) is 5.43 Å². The van der Waals surface area contributed by atoms with E-state index in [1.54, 1.807) is 6.07 Å². The molecule has 0 saturated heterocycles. The third-order valence-corrected chi connectivity index (χ3v) is 3.17. The van der Waals surface area contributed by atoms with E-state index in [2.05, 4.69) is 15.5 Å².